The quantitative estimate of drug-likeness (QED) is 0.230. The van der Waals surface area contributed by atoms with Gasteiger partial charge in [-0.05, 0) is 33.6 Å². The van der Waals surface area contributed by atoms with Crippen LogP contribution in [-0.2, 0) is 9.53 Å². The first-order valence-electron chi connectivity index (χ1n) is 8.15. The van der Waals surface area contributed by atoms with Gasteiger partial charge in [-0.2, -0.15) is 0 Å². The molecule has 0 saturated carbocycles. The smallest absolute Gasteiger partial charge is 0.306 e. The number of unbranched alkanes of at least 4 members (excludes halogenated alkanes) is 8. The first-order chi connectivity index (χ1) is 9.81. The second kappa shape index (κ2) is 11.5. The molecule has 0 bridgehead atoms. The average molecular weight is 301 g/mol. The lowest BCUT2D eigenvalue weighted by Crippen LogP contribution is -2.23. The molecule has 0 aliphatic rings. The monoisotopic (exact) mass is 301 g/mol. The Hall–Kier alpha value is -1.13. The Morgan fingerprint density at radius 1 is 0.905 bits per heavy atom. The first-order valence-corrected chi connectivity index (χ1v) is 8.15. The number of carbonyl (C=O) groups is 1. The van der Waals surface area contributed by atoms with E-state index in [-0.39, 0.29) is 23.0 Å². The van der Waals surface area contributed by atoms with E-state index in [1.807, 2.05) is 20.8 Å². The predicted molar refractivity (Wildman–Crippen MR) is 83.9 cm³/mol. The summed E-state index contributed by atoms with van der Waals surface area (Å²) in [7, 11) is 0. The predicted octanol–water partition coefficient (Wildman–Crippen LogP) is 4.51. The molecule has 124 valence electrons. The summed E-state index contributed by atoms with van der Waals surface area (Å²) in [5.41, 5.74) is -0.383. The van der Waals surface area contributed by atoms with Crippen molar-refractivity contribution in [3.63, 3.8) is 0 Å². The van der Waals surface area contributed by atoms with Gasteiger partial charge in [-0.15, -0.1) is 0 Å². The normalized spacial score (nSPS) is 11.4. The van der Waals surface area contributed by atoms with Gasteiger partial charge in [-0.25, -0.2) is 0 Å². The fourth-order valence-corrected chi connectivity index (χ4v) is 2.14. The average Bonchev–Trinajstić information content (AvgIpc) is 2.33. The zero-order valence-electron chi connectivity index (χ0n) is 13.9. The molecule has 0 aliphatic heterocycles. The fraction of sp³-hybridized carbons (Fsp3) is 0.938. The van der Waals surface area contributed by atoms with Gasteiger partial charge >= 0.3 is 5.97 Å². The van der Waals surface area contributed by atoms with Crippen LogP contribution in [0.2, 0.25) is 0 Å². The molecule has 0 aromatic carbocycles. The van der Waals surface area contributed by atoms with Crippen LogP contribution in [0.1, 0.15) is 85.0 Å². The number of rotatable bonds is 12. The van der Waals surface area contributed by atoms with Crippen molar-refractivity contribution in [2.75, 3.05) is 6.54 Å². The van der Waals surface area contributed by atoms with Crippen LogP contribution in [0.5, 0.6) is 0 Å². The van der Waals surface area contributed by atoms with Crippen molar-refractivity contribution in [2.24, 2.45) is 0 Å². The summed E-state index contributed by atoms with van der Waals surface area (Å²) in [5.74, 6) is -0.103. The van der Waals surface area contributed by atoms with Gasteiger partial charge in [0.05, 0.1) is 0 Å². The minimum absolute atomic E-state index is 0.102. The molecule has 0 spiro atoms. The number of nitro groups is 1. The third-order valence-electron chi connectivity index (χ3n) is 3.14. The standard InChI is InChI=1S/C16H31NO4/c1-16(2,3)21-15(18)13-11-9-7-5-4-6-8-10-12-14-17(19)20/h4-14H2,1-3H3. The maximum Gasteiger partial charge on any atom is 0.306 e. The van der Waals surface area contributed by atoms with Crippen LogP contribution >= 0.6 is 0 Å². The maximum atomic E-state index is 11.5. The molecule has 0 heterocycles. The SMILES string of the molecule is CC(C)(C)OC(=O)CCCCCCCCCCC[N+](=O)[O-]. The van der Waals surface area contributed by atoms with Crippen LogP contribution in [0.15, 0.2) is 0 Å². The molecule has 5 nitrogen and oxygen atoms in total. The van der Waals surface area contributed by atoms with E-state index in [0.29, 0.717) is 12.8 Å². The van der Waals surface area contributed by atoms with Crippen molar-refractivity contribution in [3.05, 3.63) is 10.1 Å². The molecule has 0 radical (unpaired) electrons. The van der Waals surface area contributed by atoms with Gasteiger partial charge in [-0.1, -0.05) is 38.5 Å². The van der Waals surface area contributed by atoms with Gasteiger partial charge in [0.15, 0.2) is 0 Å². The zero-order chi connectivity index (χ0) is 16.1. The molecule has 0 aromatic rings. The van der Waals surface area contributed by atoms with Gasteiger partial charge in [0.25, 0.3) is 0 Å². The number of ether oxygens (including phenoxy) is 1. The minimum Gasteiger partial charge on any atom is -0.460 e. The van der Waals surface area contributed by atoms with Crippen molar-refractivity contribution in [3.8, 4) is 0 Å². The highest BCUT2D eigenvalue weighted by atomic mass is 16.6. The van der Waals surface area contributed by atoms with Crippen molar-refractivity contribution >= 4 is 5.97 Å². The van der Waals surface area contributed by atoms with Crippen LogP contribution in [-0.4, -0.2) is 23.0 Å². The van der Waals surface area contributed by atoms with Gasteiger partial charge in [0, 0.05) is 17.8 Å². The highest BCUT2D eigenvalue weighted by Gasteiger charge is 2.15. The summed E-state index contributed by atoms with van der Waals surface area (Å²) in [6, 6.07) is 0. The van der Waals surface area contributed by atoms with E-state index in [2.05, 4.69) is 0 Å². The zero-order valence-corrected chi connectivity index (χ0v) is 13.9. The van der Waals surface area contributed by atoms with E-state index in [1.54, 1.807) is 0 Å². The Labute approximate surface area is 128 Å². The summed E-state index contributed by atoms with van der Waals surface area (Å²) < 4.78 is 5.25. The number of carbonyl (C=O) groups excluding carboxylic acids is 1. The molecular weight excluding hydrogens is 270 g/mol. The molecule has 0 fully saturated rings. The van der Waals surface area contributed by atoms with Crippen molar-refractivity contribution in [1.29, 1.82) is 0 Å². The molecule has 0 aliphatic carbocycles. The number of hydrogen-bond acceptors (Lipinski definition) is 4. The van der Waals surface area contributed by atoms with Gasteiger partial charge in [0.2, 0.25) is 6.54 Å². The van der Waals surface area contributed by atoms with Crippen LogP contribution in [0.3, 0.4) is 0 Å². The lowest BCUT2D eigenvalue weighted by molar-refractivity contribution is -0.480. The molecule has 0 rings (SSSR count). The Balaban J connectivity index is 3.22. The summed E-state index contributed by atoms with van der Waals surface area (Å²) in [6.45, 7) is 5.76. The fourth-order valence-electron chi connectivity index (χ4n) is 2.14. The Morgan fingerprint density at radius 3 is 1.76 bits per heavy atom. The molecule has 0 saturated heterocycles. The van der Waals surface area contributed by atoms with Crippen molar-refractivity contribution in [1.82, 2.24) is 0 Å². The number of nitrogens with zero attached hydrogens (tertiary/aromatic N) is 1. The van der Waals surface area contributed by atoms with E-state index in [1.165, 1.54) is 12.8 Å². The van der Waals surface area contributed by atoms with E-state index in [9.17, 15) is 14.9 Å². The third kappa shape index (κ3) is 16.8. The Kier molecular flexibility index (Phi) is 10.9. The lowest BCUT2D eigenvalue weighted by Gasteiger charge is -2.19. The highest BCUT2D eigenvalue weighted by molar-refractivity contribution is 5.69. The van der Waals surface area contributed by atoms with Gasteiger partial charge < -0.3 is 4.74 Å². The summed E-state index contributed by atoms with van der Waals surface area (Å²) in [4.78, 5) is 21.4. The van der Waals surface area contributed by atoms with Crippen LogP contribution in [0, 0.1) is 10.1 Å². The van der Waals surface area contributed by atoms with E-state index < -0.39 is 0 Å². The van der Waals surface area contributed by atoms with Crippen LogP contribution in [0.4, 0.5) is 0 Å². The second-order valence-electron chi connectivity index (χ2n) is 6.57. The highest BCUT2D eigenvalue weighted by Crippen LogP contribution is 2.13. The summed E-state index contributed by atoms with van der Waals surface area (Å²) in [5, 5.41) is 10.1. The Bertz CT molecular complexity index is 297. The van der Waals surface area contributed by atoms with E-state index >= 15 is 0 Å². The molecule has 0 amide bonds. The summed E-state index contributed by atoms with van der Waals surface area (Å²) in [6.07, 6.45) is 9.90. The van der Waals surface area contributed by atoms with Gasteiger partial charge in [-0.3, -0.25) is 14.9 Å². The molecule has 0 aromatic heterocycles. The van der Waals surface area contributed by atoms with Crippen molar-refractivity contribution < 1.29 is 14.5 Å². The molecule has 0 unspecified atom stereocenters. The topological polar surface area (TPSA) is 69.4 Å². The molecule has 5 heteroatoms. The van der Waals surface area contributed by atoms with Crippen LogP contribution in [0.25, 0.3) is 0 Å². The van der Waals surface area contributed by atoms with Crippen LogP contribution < -0.4 is 0 Å². The minimum atomic E-state index is -0.383. The number of hydrogen-bond donors (Lipinski definition) is 0. The Morgan fingerprint density at radius 2 is 1.33 bits per heavy atom. The lowest BCUT2D eigenvalue weighted by atomic mass is 10.1. The van der Waals surface area contributed by atoms with E-state index in [4.69, 9.17) is 4.74 Å². The third-order valence-corrected chi connectivity index (χ3v) is 3.14. The van der Waals surface area contributed by atoms with Gasteiger partial charge in [0.1, 0.15) is 5.60 Å². The maximum absolute atomic E-state index is 11.5. The number of esters is 1. The van der Waals surface area contributed by atoms with E-state index in [0.717, 1.165) is 38.5 Å². The van der Waals surface area contributed by atoms with Crippen molar-refractivity contribution in [2.45, 2.75) is 90.6 Å². The summed E-state index contributed by atoms with van der Waals surface area (Å²) >= 11 is 0. The first kappa shape index (κ1) is 19.9. The molecule has 21 heavy (non-hydrogen) atoms. The molecular formula is C16H31NO4. The second-order valence-corrected chi connectivity index (χ2v) is 6.57. The molecule has 0 atom stereocenters. The molecule has 0 N–H and O–H groups in total. The largest absolute Gasteiger partial charge is 0.460 e.